The Kier molecular flexibility index (Phi) is 6.09. The summed E-state index contributed by atoms with van der Waals surface area (Å²) in [5, 5.41) is 0. The molecule has 0 amide bonds. The average molecular weight is 256 g/mol. The number of ether oxygens (including phenoxy) is 1. The molecule has 4 nitrogen and oxygen atoms in total. The smallest absolute Gasteiger partial charge is 0.327 e. The molecule has 1 fully saturated rings. The van der Waals surface area contributed by atoms with Gasteiger partial charge in [-0.05, 0) is 45.7 Å². The summed E-state index contributed by atoms with van der Waals surface area (Å²) in [5.41, 5.74) is 5.17. The molecule has 0 saturated carbocycles. The second-order valence-corrected chi connectivity index (χ2v) is 5.65. The maximum atomic E-state index is 11.7. The zero-order valence-electron chi connectivity index (χ0n) is 12.1. The Morgan fingerprint density at radius 2 is 2.00 bits per heavy atom. The number of esters is 1. The largest absolute Gasteiger partial charge is 0.465 e. The quantitative estimate of drug-likeness (QED) is 0.736. The molecule has 1 heterocycles. The van der Waals surface area contributed by atoms with Crippen LogP contribution in [0.5, 0.6) is 0 Å². The first kappa shape index (κ1) is 15.4. The van der Waals surface area contributed by atoms with Gasteiger partial charge in [-0.3, -0.25) is 4.79 Å². The summed E-state index contributed by atoms with van der Waals surface area (Å²) in [5.74, 6) is 0.568. The maximum Gasteiger partial charge on any atom is 0.327 e. The molecular weight excluding hydrogens is 228 g/mol. The van der Waals surface area contributed by atoms with Crippen LogP contribution in [0, 0.1) is 5.92 Å². The molecule has 4 heteroatoms. The molecule has 0 aromatic carbocycles. The van der Waals surface area contributed by atoms with E-state index in [-0.39, 0.29) is 5.97 Å². The minimum Gasteiger partial charge on any atom is -0.465 e. The lowest BCUT2D eigenvalue weighted by molar-refractivity contribution is -0.149. The fraction of sp³-hybridized carbons (Fsp3) is 0.929. The van der Waals surface area contributed by atoms with Crippen molar-refractivity contribution < 1.29 is 9.53 Å². The molecule has 0 aliphatic carbocycles. The number of carbonyl (C=O) groups is 1. The molecule has 0 spiro atoms. The monoisotopic (exact) mass is 256 g/mol. The third-order valence-electron chi connectivity index (χ3n) is 3.70. The molecule has 1 saturated heterocycles. The first-order chi connectivity index (χ1) is 8.49. The number of hydrogen-bond acceptors (Lipinski definition) is 4. The molecule has 1 atom stereocenters. The Morgan fingerprint density at radius 3 is 2.50 bits per heavy atom. The predicted octanol–water partition coefficient (Wildman–Crippen LogP) is 1.78. The topological polar surface area (TPSA) is 55.6 Å². The second kappa shape index (κ2) is 7.10. The molecule has 1 rings (SSSR count). The number of rotatable bonds is 6. The van der Waals surface area contributed by atoms with Crippen molar-refractivity contribution >= 4 is 5.97 Å². The van der Waals surface area contributed by atoms with E-state index in [0.29, 0.717) is 13.2 Å². The minimum atomic E-state index is -0.881. The standard InChI is InChI=1S/C14H28N2O2/c1-4-6-12-7-9-16(10-8-12)11-14(3,15)13(17)18-5-2/h12H,4-11,15H2,1-3H3. The third kappa shape index (κ3) is 4.58. The molecule has 0 aromatic heterocycles. The fourth-order valence-corrected chi connectivity index (χ4v) is 2.67. The van der Waals surface area contributed by atoms with E-state index in [9.17, 15) is 4.79 Å². The first-order valence-corrected chi connectivity index (χ1v) is 7.18. The van der Waals surface area contributed by atoms with Gasteiger partial charge in [0.05, 0.1) is 6.61 Å². The van der Waals surface area contributed by atoms with Gasteiger partial charge in [0.15, 0.2) is 0 Å². The number of hydrogen-bond donors (Lipinski definition) is 1. The van der Waals surface area contributed by atoms with E-state index < -0.39 is 5.54 Å². The number of likely N-dealkylation sites (tertiary alicyclic amines) is 1. The number of nitrogens with two attached hydrogens (primary N) is 1. The van der Waals surface area contributed by atoms with Crippen LogP contribution in [0.25, 0.3) is 0 Å². The van der Waals surface area contributed by atoms with Gasteiger partial charge in [0.25, 0.3) is 0 Å². The van der Waals surface area contributed by atoms with Crippen LogP contribution in [0.4, 0.5) is 0 Å². The van der Waals surface area contributed by atoms with Crippen molar-refractivity contribution in [1.82, 2.24) is 4.90 Å². The summed E-state index contributed by atoms with van der Waals surface area (Å²) in [6.45, 7) is 8.92. The number of nitrogens with zero attached hydrogens (tertiary/aromatic N) is 1. The Hall–Kier alpha value is -0.610. The molecular formula is C14H28N2O2. The first-order valence-electron chi connectivity index (χ1n) is 7.18. The summed E-state index contributed by atoms with van der Waals surface area (Å²) in [4.78, 5) is 14.0. The van der Waals surface area contributed by atoms with Crippen LogP contribution in [0.3, 0.4) is 0 Å². The fourth-order valence-electron chi connectivity index (χ4n) is 2.67. The number of carbonyl (C=O) groups excluding carboxylic acids is 1. The van der Waals surface area contributed by atoms with Gasteiger partial charge in [0.1, 0.15) is 5.54 Å². The van der Waals surface area contributed by atoms with E-state index in [1.807, 2.05) is 6.92 Å². The van der Waals surface area contributed by atoms with Crippen LogP contribution in [-0.2, 0) is 9.53 Å². The van der Waals surface area contributed by atoms with E-state index in [1.165, 1.54) is 25.7 Å². The van der Waals surface area contributed by atoms with Gasteiger partial charge < -0.3 is 15.4 Å². The van der Waals surface area contributed by atoms with Crippen LogP contribution in [0.2, 0.25) is 0 Å². The molecule has 18 heavy (non-hydrogen) atoms. The predicted molar refractivity (Wildman–Crippen MR) is 73.3 cm³/mol. The highest BCUT2D eigenvalue weighted by atomic mass is 16.5. The van der Waals surface area contributed by atoms with Crippen molar-refractivity contribution in [2.45, 2.75) is 52.0 Å². The van der Waals surface area contributed by atoms with Gasteiger partial charge in [0, 0.05) is 6.54 Å². The molecule has 0 aromatic rings. The van der Waals surface area contributed by atoms with Crippen LogP contribution in [0.15, 0.2) is 0 Å². The molecule has 106 valence electrons. The zero-order chi connectivity index (χ0) is 13.6. The lowest BCUT2D eigenvalue weighted by atomic mass is 9.91. The molecule has 0 bridgehead atoms. The highest BCUT2D eigenvalue weighted by molar-refractivity contribution is 5.80. The lowest BCUT2D eigenvalue weighted by Crippen LogP contribution is -2.55. The van der Waals surface area contributed by atoms with Crippen molar-refractivity contribution in [3.63, 3.8) is 0 Å². The summed E-state index contributed by atoms with van der Waals surface area (Å²) in [6, 6.07) is 0. The molecule has 2 N–H and O–H groups in total. The average Bonchev–Trinajstić information content (AvgIpc) is 2.32. The van der Waals surface area contributed by atoms with Gasteiger partial charge in [-0.2, -0.15) is 0 Å². The van der Waals surface area contributed by atoms with Crippen molar-refractivity contribution in [2.75, 3.05) is 26.2 Å². The highest BCUT2D eigenvalue weighted by Gasteiger charge is 2.33. The van der Waals surface area contributed by atoms with Gasteiger partial charge >= 0.3 is 5.97 Å². The number of piperidine rings is 1. The summed E-state index contributed by atoms with van der Waals surface area (Å²) in [7, 11) is 0. The highest BCUT2D eigenvalue weighted by Crippen LogP contribution is 2.22. The Balaban J connectivity index is 2.37. The van der Waals surface area contributed by atoms with Gasteiger partial charge in [-0.1, -0.05) is 19.8 Å². The normalized spacial score (nSPS) is 21.6. The van der Waals surface area contributed by atoms with E-state index in [2.05, 4.69) is 11.8 Å². The lowest BCUT2D eigenvalue weighted by Gasteiger charge is -2.36. The Bertz CT molecular complexity index is 259. The molecule has 1 aliphatic rings. The van der Waals surface area contributed by atoms with Crippen LogP contribution < -0.4 is 5.73 Å². The van der Waals surface area contributed by atoms with Gasteiger partial charge in [-0.25, -0.2) is 0 Å². The van der Waals surface area contributed by atoms with Crippen molar-refractivity contribution in [1.29, 1.82) is 0 Å². The van der Waals surface area contributed by atoms with Crippen molar-refractivity contribution in [3.8, 4) is 0 Å². The molecule has 1 aliphatic heterocycles. The SMILES string of the molecule is CCCC1CCN(CC(C)(N)C(=O)OCC)CC1. The van der Waals surface area contributed by atoms with Crippen LogP contribution in [-0.4, -0.2) is 42.6 Å². The summed E-state index contributed by atoms with van der Waals surface area (Å²) >= 11 is 0. The van der Waals surface area contributed by atoms with Crippen molar-refractivity contribution in [2.24, 2.45) is 11.7 Å². The van der Waals surface area contributed by atoms with Crippen LogP contribution in [0.1, 0.15) is 46.5 Å². The Morgan fingerprint density at radius 1 is 1.39 bits per heavy atom. The van der Waals surface area contributed by atoms with E-state index in [0.717, 1.165) is 19.0 Å². The van der Waals surface area contributed by atoms with E-state index >= 15 is 0 Å². The van der Waals surface area contributed by atoms with Crippen LogP contribution >= 0.6 is 0 Å². The van der Waals surface area contributed by atoms with Crippen molar-refractivity contribution in [3.05, 3.63) is 0 Å². The zero-order valence-corrected chi connectivity index (χ0v) is 12.1. The minimum absolute atomic E-state index is 0.291. The summed E-state index contributed by atoms with van der Waals surface area (Å²) < 4.78 is 5.02. The Labute approximate surface area is 111 Å². The van der Waals surface area contributed by atoms with E-state index in [4.69, 9.17) is 10.5 Å². The maximum absolute atomic E-state index is 11.7. The summed E-state index contributed by atoms with van der Waals surface area (Å²) in [6.07, 6.45) is 5.05. The van der Waals surface area contributed by atoms with Gasteiger partial charge in [-0.15, -0.1) is 0 Å². The van der Waals surface area contributed by atoms with Gasteiger partial charge in [0.2, 0.25) is 0 Å². The van der Waals surface area contributed by atoms with E-state index in [1.54, 1.807) is 6.92 Å². The molecule has 0 radical (unpaired) electrons. The third-order valence-corrected chi connectivity index (χ3v) is 3.70. The molecule has 1 unspecified atom stereocenters. The second-order valence-electron chi connectivity index (χ2n) is 5.65.